The molecule has 1 aromatic carbocycles. The van der Waals surface area contributed by atoms with Crippen LogP contribution in [0.4, 0.5) is 10.1 Å². The van der Waals surface area contributed by atoms with E-state index in [1.807, 2.05) is 11.8 Å². The van der Waals surface area contributed by atoms with Gasteiger partial charge >= 0.3 is 0 Å². The van der Waals surface area contributed by atoms with Crippen molar-refractivity contribution in [2.24, 2.45) is 0 Å². The topological polar surface area (TPSA) is 32.3 Å². The van der Waals surface area contributed by atoms with Gasteiger partial charge in [0.2, 0.25) is 0 Å². The number of carbonyl (C=O) groups is 1. The van der Waals surface area contributed by atoms with Gasteiger partial charge in [0.1, 0.15) is 5.82 Å². The molecule has 20 heavy (non-hydrogen) atoms. The van der Waals surface area contributed by atoms with E-state index in [1.54, 1.807) is 12.1 Å². The molecule has 0 atom stereocenters. The predicted octanol–water partition coefficient (Wildman–Crippen LogP) is 3.66. The number of rotatable bonds is 7. The molecule has 1 aliphatic rings. The SMILES string of the molecule is CCCCN(C(=O)c1cccc(F)c1NCC)C1CC1. The molecule has 1 aromatic rings. The van der Waals surface area contributed by atoms with Crippen molar-refractivity contribution in [3.8, 4) is 0 Å². The molecule has 2 rings (SSSR count). The Kier molecular flexibility index (Phi) is 4.99. The van der Waals surface area contributed by atoms with Crippen molar-refractivity contribution in [2.75, 3.05) is 18.4 Å². The van der Waals surface area contributed by atoms with Gasteiger partial charge in [-0.3, -0.25) is 4.79 Å². The highest BCUT2D eigenvalue weighted by molar-refractivity contribution is 6.00. The van der Waals surface area contributed by atoms with Crippen LogP contribution in [0.1, 0.15) is 49.9 Å². The summed E-state index contributed by atoms with van der Waals surface area (Å²) in [5.74, 6) is -0.402. The molecular weight excluding hydrogens is 255 g/mol. The molecule has 3 nitrogen and oxygen atoms in total. The van der Waals surface area contributed by atoms with Gasteiger partial charge in [-0.1, -0.05) is 19.4 Å². The molecule has 1 N–H and O–H groups in total. The van der Waals surface area contributed by atoms with Gasteiger partial charge in [0, 0.05) is 19.1 Å². The summed E-state index contributed by atoms with van der Waals surface area (Å²) in [7, 11) is 0. The fraction of sp³-hybridized carbons (Fsp3) is 0.562. The van der Waals surface area contributed by atoms with E-state index in [1.165, 1.54) is 6.07 Å². The largest absolute Gasteiger partial charge is 0.382 e. The number of para-hydroxylation sites is 1. The van der Waals surface area contributed by atoms with Crippen molar-refractivity contribution >= 4 is 11.6 Å². The fourth-order valence-electron chi connectivity index (χ4n) is 2.38. The number of unbranched alkanes of at least 4 members (excludes halogenated alkanes) is 1. The maximum Gasteiger partial charge on any atom is 0.256 e. The number of carbonyl (C=O) groups excluding carboxylic acids is 1. The summed E-state index contributed by atoms with van der Waals surface area (Å²) in [4.78, 5) is 14.6. The first kappa shape index (κ1) is 14.8. The van der Waals surface area contributed by atoms with Crippen molar-refractivity contribution in [1.29, 1.82) is 0 Å². The number of nitrogens with zero attached hydrogens (tertiary/aromatic N) is 1. The molecule has 4 heteroatoms. The first-order valence-corrected chi connectivity index (χ1v) is 7.52. The van der Waals surface area contributed by atoms with Crippen LogP contribution in [0.2, 0.25) is 0 Å². The van der Waals surface area contributed by atoms with Crippen molar-refractivity contribution in [3.05, 3.63) is 29.6 Å². The van der Waals surface area contributed by atoms with Gasteiger partial charge in [-0.05, 0) is 38.3 Å². The van der Waals surface area contributed by atoms with Crippen LogP contribution in [0.3, 0.4) is 0 Å². The van der Waals surface area contributed by atoms with Gasteiger partial charge in [-0.2, -0.15) is 0 Å². The zero-order valence-corrected chi connectivity index (χ0v) is 12.3. The second-order valence-corrected chi connectivity index (χ2v) is 5.28. The Morgan fingerprint density at radius 3 is 2.75 bits per heavy atom. The van der Waals surface area contributed by atoms with E-state index >= 15 is 0 Å². The number of anilines is 1. The molecule has 0 bridgehead atoms. The fourth-order valence-corrected chi connectivity index (χ4v) is 2.38. The van der Waals surface area contributed by atoms with Gasteiger partial charge < -0.3 is 10.2 Å². The molecule has 1 amide bonds. The third kappa shape index (κ3) is 3.30. The molecule has 0 aromatic heterocycles. The van der Waals surface area contributed by atoms with Crippen LogP contribution in [0, 0.1) is 5.82 Å². The van der Waals surface area contributed by atoms with E-state index in [0.29, 0.717) is 23.8 Å². The number of nitrogens with one attached hydrogen (secondary N) is 1. The maximum atomic E-state index is 13.9. The van der Waals surface area contributed by atoms with Crippen molar-refractivity contribution in [1.82, 2.24) is 4.90 Å². The smallest absolute Gasteiger partial charge is 0.256 e. The van der Waals surface area contributed by atoms with Crippen LogP contribution >= 0.6 is 0 Å². The lowest BCUT2D eigenvalue weighted by molar-refractivity contribution is 0.0741. The van der Waals surface area contributed by atoms with Gasteiger partial charge in [-0.15, -0.1) is 0 Å². The van der Waals surface area contributed by atoms with Crippen molar-refractivity contribution in [3.63, 3.8) is 0 Å². The highest BCUT2D eigenvalue weighted by Gasteiger charge is 2.33. The van der Waals surface area contributed by atoms with Crippen LogP contribution in [0.15, 0.2) is 18.2 Å². The van der Waals surface area contributed by atoms with Crippen molar-refractivity contribution < 1.29 is 9.18 Å². The first-order valence-electron chi connectivity index (χ1n) is 7.52. The first-order chi connectivity index (χ1) is 9.69. The minimum atomic E-state index is -0.357. The quantitative estimate of drug-likeness (QED) is 0.825. The van der Waals surface area contributed by atoms with E-state index in [0.717, 1.165) is 32.2 Å². The molecular formula is C16H23FN2O. The van der Waals surface area contributed by atoms with Crippen LogP contribution in [0.5, 0.6) is 0 Å². The number of hydrogen-bond donors (Lipinski definition) is 1. The minimum Gasteiger partial charge on any atom is -0.382 e. The molecule has 0 saturated heterocycles. The Bertz CT molecular complexity index is 472. The average Bonchev–Trinajstić information content (AvgIpc) is 3.26. The summed E-state index contributed by atoms with van der Waals surface area (Å²) < 4.78 is 13.9. The van der Waals surface area contributed by atoms with Crippen LogP contribution in [-0.4, -0.2) is 29.9 Å². The Morgan fingerprint density at radius 2 is 2.15 bits per heavy atom. The Labute approximate surface area is 120 Å². The number of halogens is 1. The van der Waals surface area contributed by atoms with E-state index in [9.17, 15) is 9.18 Å². The Morgan fingerprint density at radius 1 is 1.40 bits per heavy atom. The third-order valence-electron chi connectivity index (χ3n) is 3.60. The summed E-state index contributed by atoms with van der Waals surface area (Å²) in [5.41, 5.74) is 0.789. The molecule has 0 spiro atoms. The summed E-state index contributed by atoms with van der Waals surface area (Å²) in [5, 5.41) is 2.97. The third-order valence-corrected chi connectivity index (χ3v) is 3.60. The number of amides is 1. The van der Waals surface area contributed by atoms with Gasteiger partial charge in [-0.25, -0.2) is 4.39 Å². The molecule has 1 fully saturated rings. The minimum absolute atomic E-state index is 0.0450. The zero-order chi connectivity index (χ0) is 14.5. The molecule has 0 unspecified atom stereocenters. The van der Waals surface area contributed by atoms with Gasteiger partial charge in [0.15, 0.2) is 0 Å². The molecule has 110 valence electrons. The monoisotopic (exact) mass is 278 g/mol. The summed E-state index contributed by atoms with van der Waals surface area (Å²) in [6.07, 6.45) is 4.19. The molecule has 0 radical (unpaired) electrons. The second-order valence-electron chi connectivity index (χ2n) is 5.28. The van der Waals surface area contributed by atoms with Crippen LogP contribution in [0.25, 0.3) is 0 Å². The predicted molar refractivity (Wildman–Crippen MR) is 79.5 cm³/mol. The standard InChI is InChI=1S/C16H23FN2O/c1-3-5-11-19(12-9-10-12)16(20)13-7-6-8-14(17)15(13)18-4-2/h6-8,12,18H,3-5,9-11H2,1-2H3. The lowest BCUT2D eigenvalue weighted by atomic mass is 10.1. The van der Waals surface area contributed by atoms with Gasteiger partial charge in [0.25, 0.3) is 5.91 Å². The number of benzene rings is 1. The van der Waals surface area contributed by atoms with Crippen LogP contribution < -0.4 is 5.32 Å². The maximum absolute atomic E-state index is 13.9. The van der Waals surface area contributed by atoms with Gasteiger partial charge in [0.05, 0.1) is 11.3 Å². The Hall–Kier alpha value is -1.58. The molecule has 0 aliphatic heterocycles. The average molecular weight is 278 g/mol. The molecule has 0 heterocycles. The number of hydrogen-bond acceptors (Lipinski definition) is 2. The normalized spacial score (nSPS) is 14.2. The lowest BCUT2D eigenvalue weighted by Crippen LogP contribution is -2.34. The summed E-state index contributed by atoms with van der Waals surface area (Å²) in [6, 6.07) is 5.06. The molecule has 1 saturated carbocycles. The van der Waals surface area contributed by atoms with E-state index < -0.39 is 0 Å². The van der Waals surface area contributed by atoms with E-state index in [2.05, 4.69) is 12.2 Å². The summed E-state index contributed by atoms with van der Waals surface area (Å²) >= 11 is 0. The van der Waals surface area contributed by atoms with E-state index in [-0.39, 0.29) is 11.7 Å². The highest BCUT2D eigenvalue weighted by Crippen LogP contribution is 2.30. The highest BCUT2D eigenvalue weighted by atomic mass is 19.1. The second kappa shape index (κ2) is 6.73. The summed E-state index contributed by atoms with van der Waals surface area (Å²) in [6.45, 7) is 5.37. The lowest BCUT2D eigenvalue weighted by Gasteiger charge is -2.24. The van der Waals surface area contributed by atoms with Crippen LogP contribution in [-0.2, 0) is 0 Å². The molecule has 1 aliphatic carbocycles. The van der Waals surface area contributed by atoms with Crippen molar-refractivity contribution in [2.45, 2.75) is 45.6 Å². The van der Waals surface area contributed by atoms with E-state index in [4.69, 9.17) is 0 Å². The Balaban J connectivity index is 2.24. The zero-order valence-electron chi connectivity index (χ0n) is 12.3.